The second kappa shape index (κ2) is 7.78. The molecule has 0 radical (unpaired) electrons. The number of amides is 1. The molecule has 0 bridgehead atoms. The molecule has 3 heterocycles. The van der Waals surface area contributed by atoms with E-state index in [9.17, 15) is 13.2 Å². The second-order valence-corrected chi connectivity index (χ2v) is 11.3. The number of thiophene rings is 1. The van der Waals surface area contributed by atoms with Crippen molar-refractivity contribution in [3.8, 4) is 0 Å². The first-order valence-corrected chi connectivity index (χ1v) is 11.7. The van der Waals surface area contributed by atoms with Gasteiger partial charge in [-0.3, -0.25) is 4.79 Å². The first-order valence-electron chi connectivity index (χ1n) is 7.79. The highest BCUT2D eigenvalue weighted by atomic mass is 79.9. The number of anilines is 1. The average molecular weight is 465 g/mol. The Kier molecular flexibility index (Phi) is 5.88. The number of carbonyl (C=O) groups excluding carboxylic acids is 1. The number of hydrogen-bond donors (Lipinski definition) is 1. The van der Waals surface area contributed by atoms with Gasteiger partial charge in [-0.2, -0.15) is 4.31 Å². The molecule has 0 unspecified atom stereocenters. The normalized spacial score (nSPS) is 16.9. The molecule has 3 rings (SSSR count). The molecular formula is C14H17BrN4O3S3. The van der Waals surface area contributed by atoms with Crippen molar-refractivity contribution < 1.29 is 13.2 Å². The lowest BCUT2D eigenvalue weighted by Crippen LogP contribution is -2.41. The van der Waals surface area contributed by atoms with E-state index in [0.717, 1.165) is 15.2 Å². The summed E-state index contributed by atoms with van der Waals surface area (Å²) in [6.07, 6.45) is 1.77. The van der Waals surface area contributed by atoms with Crippen molar-refractivity contribution in [1.82, 2.24) is 14.5 Å². The fraction of sp³-hybridized carbons (Fsp3) is 0.500. The van der Waals surface area contributed by atoms with E-state index in [1.807, 2.05) is 6.92 Å². The third-order valence-corrected chi connectivity index (χ3v) is 8.94. The van der Waals surface area contributed by atoms with E-state index >= 15 is 0 Å². The van der Waals surface area contributed by atoms with Gasteiger partial charge < -0.3 is 5.32 Å². The van der Waals surface area contributed by atoms with E-state index in [1.165, 1.54) is 27.0 Å². The molecule has 0 aliphatic carbocycles. The van der Waals surface area contributed by atoms with Crippen LogP contribution in [0.25, 0.3) is 0 Å². The Morgan fingerprint density at radius 3 is 2.60 bits per heavy atom. The highest BCUT2D eigenvalue weighted by Crippen LogP contribution is 2.31. The number of sulfonamides is 1. The Morgan fingerprint density at radius 2 is 2.04 bits per heavy atom. The molecule has 136 valence electrons. The molecule has 0 spiro atoms. The molecule has 0 atom stereocenters. The molecule has 1 amide bonds. The Morgan fingerprint density at radius 1 is 1.32 bits per heavy atom. The summed E-state index contributed by atoms with van der Waals surface area (Å²) in [6, 6.07) is 3.33. The summed E-state index contributed by atoms with van der Waals surface area (Å²) in [4.78, 5) is 12.4. The number of nitrogens with one attached hydrogen (secondary N) is 1. The van der Waals surface area contributed by atoms with Crippen molar-refractivity contribution in [3.63, 3.8) is 0 Å². The zero-order chi connectivity index (χ0) is 18.0. The summed E-state index contributed by atoms with van der Waals surface area (Å²) in [7, 11) is -3.48. The monoisotopic (exact) mass is 464 g/mol. The van der Waals surface area contributed by atoms with Crippen LogP contribution >= 0.6 is 38.6 Å². The minimum absolute atomic E-state index is 0.116. The van der Waals surface area contributed by atoms with Gasteiger partial charge in [0, 0.05) is 19.0 Å². The maximum Gasteiger partial charge on any atom is 0.252 e. The van der Waals surface area contributed by atoms with E-state index in [4.69, 9.17) is 0 Å². The van der Waals surface area contributed by atoms with Crippen LogP contribution in [0.1, 0.15) is 24.8 Å². The van der Waals surface area contributed by atoms with Crippen LogP contribution < -0.4 is 5.32 Å². The van der Waals surface area contributed by atoms with Crippen LogP contribution in [0.15, 0.2) is 20.1 Å². The number of rotatable bonds is 5. The van der Waals surface area contributed by atoms with Gasteiger partial charge in [0.15, 0.2) is 0 Å². The fourth-order valence-corrected chi connectivity index (χ4v) is 6.89. The highest BCUT2D eigenvalue weighted by Gasteiger charge is 2.33. The molecule has 11 heteroatoms. The standard InChI is InChI=1S/C14H17BrN4O3S3/c1-2-11-17-18-14(24-11)16-13(20)9-5-7-19(8-6-9)25(21,22)12-4-3-10(15)23-12/h3-4,9H,2,5-8H2,1H3,(H,16,18,20). The van der Waals surface area contributed by atoms with Crippen LogP contribution in [0.3, 0.4) is 0 Å². The van der Waals surface area contributed by atoms with Crippen molar-refractivity contribution in [3.05, 3.63) is 20.9 Å². The van der Waals surface area contributed by atoms with Gasteiger partial charge in [-0.1, -0.05) is 18.3 Å². The molecule has 0 aromatic carbocycles. The highest BCUT2D eigenvalue weighted by molar-refractivity contribution is 9.11. The molecule has 2 aromatic heterocycles. The molecule has 1 fully saturated rings. The van der Waals surface area contributed by atoms with Crippen LogP contribution in [0.2, 0.25) is 0 Å². The van der Waals surface area contributed by atoms with Crippen LogP contribution in [0, 0.1) is 5.92 Å². The molecule has 25 heavy (non-hydrogen) atoms. The van der Waals surface area contributed by atoms with Gasteiger partial charge in [-0.15, -0.1) is 21.5 Å². The molecule has 1 aliphatic heterocycles. The van der Waals surface area contributed by atoms with Crippen LogP contribution in [-0.4, -0.2) is 41.9 Å². The summed E-state index contributed by atoms with van der Waals surface area (Å²) in [5.74, 6) is -0.329. The van der Waals surface area contributed by atoms with Gasteiger partial charge in [0.25, 0.3) is 10.0 Å². The third-order valence-electron chi connectivity index (χ3n) is 3.97. The van der Waals surface area contributed by atoms with Crippen LogP contribution in [0.5, 0.6) is 0 Å². The van der Waals surface area contributed by atoms with E-state index < -0.39 is 10.0 Å². The summed E-state index contributed by atoms with van der Waals surface area (Å²) in [6.45, 7) is 2.66. The first kappa shape index (κ1) is 18.9. The van der Waals surface area contributed by atoms with Crippen LogP contribution in [0.4, 0.5) is 5.13 Å². The van der Waals surface area contributed by atoms with Gasteiger partial charge in [0.1, 0.15) is 9.22 Å². The minimum atomic E-state index is -3.48. The first-order chi connectivity index (χ1) is 11.9. The minimum Gasteiger partial charge on any atom is -0.300 e. The maximum absolute atomic E-state index is 12.6. The summed E-state index contributed by atoms with van der Waals surface area (Å²) >= 11 is 5.85. The average Bonchev–Trinajstić information content (AvgIpc) is 3.24. The number of carbonyl (C=O) groups is 1. The quantitative estimate of drug-likeness (QED) is 0.733. The van der Waals surface area contributed by atoms with Gasteiger partial charge >= 0.3 is 0 Å². The van der Waals surface area contributed by atoms with E-state index in [2.05, 4.69) is 31.4 Å². The molecule has 2 aromatic rings. The van der Waals surface area contributed by atoms with Crippen LogP contribution in [-0.2, 0) is 21.2 Å². The van der Waals surface area contributed by atoms with Crippen molar-refractivity contribution in [2.45, 2.75) is 30.4 Å². The van der Waals surface area contributed by atoms with Gasteiger partial charge in [-0.25, -0.2) is 8.42 Å². The molecule has 1 N–H and O–H groups in total. The van der Waals surface area contributed by atoms with E-state index in [0.29, 0.717) is 35.3 Å². The summed E-state index contributed by atoms with van der Waals surface area (Å²) in [5, 5.41) is 12.1. The third kappa shape index (κ3) is 4.27. The van der Waals surface area contributed by atoms with Gasteiger partial charge in [-0.05, 0) is 47.3 Å². The van der Waals surface area contributed by atoms with Gasteiger partial charge in [0.05, 0.1) is 3.79 Å². The molecular weight excluding hydrogens is 448 g/mol. The molecule has 1 saturated heterocycles. The molecule has 0 saturated carbocycles. The Balaban J connectivity index is 1.58. The summed E-state index contributed by atoms with van der Waals surface area (Å²) in [5.41, 5.74) is 0. The van der Waals surface area contributed by atoms with Crippen molar-refractivity contribution in [1.29, 1.82) is 0 Å². The number of hydrogen-bond acceptors (Lipinski definition) is 7. The smallest absolute Gasteiger partial charge is 0.252 e. The predicted octanol–water partition coefficient (Wildman–Crippen LogP) is 2.96. The lowest BCUT2D eigenvalue weighted by Gasteiger charge is -2.29. The van der Waals surface area contributed by atoms with Crippen molar-refractivity contribution >= 4 is 59.7 Å². The Hall–Kier alpha value is -0.880. The predicted molar refractivity (Wildman–Crippen MR) is 101 cm³/mol. The lowest BCUT2D eigenvalue weighted by molar-refractivity contribution is -0.120. The zero-order valence-electron chi connectivity index (χ0n) is 13.4. The summed E-state index contributed by atoms with van der Waals surface area (Å²) < 4.78 is 27.8. The number of piperidine rings is 1. The SMILES string of the molecule is CCc1nnc(NC(=O)C2CCN(S(=O)(=O)c3ccc(Br)s3)CC2)s1. The van der Waals surface area contributed by atoms with E-state index in [-0.39, 0.29) is 11.8 Å². The van der Waals surface area contributed by atoms with Crippen molar-refractivity contribution in [2.24, 2.45) is 5.92 Å². The molecule has 1 aliphatic rings. The Bertz CT molecular complexity index is 856. The lowest BCUT2D eigenvalue weighted by atomic mass is 9.97. The number of nitrogens with zero attached hydrogens (tertiary/aromatic N) is 3. The Labute approximate surface area is 162 Å². The molecule has 7 nitrogen and oxygen atoms in total. The fourth-order valence-electron chi connectivity index (χ4n) is 2.58. The largest absolute Gasteiger partial charge is 0.300 e. The number of halogens is 1. The maximum atomic E-state index is 12.6. The zero-order valence-corrected chi connectivity index (χ0v) is 17.5. The number of aromatic nitrogens is 2. The van der Waals surface area contributed by atoms with Crippen molar-refractivity contribution in [2.75, 3.05) is 18.4 Å². The second-order valence-electron chi connectivity index (χ2n) is 5.58. The number of aryl methyl sites for hydroxylation is 1. The van der Waals surface area contributed by atoms with Gasteiger partial charge in [0.2, 0.25) is 11.0 Å². The topological polar surface area (TPSA) is 92.3 Å². The van der Waals surface area contributed by atoms with E-state index in [1.54, 1.807) is 12.1 Å².